The van der Waals surface area contributed by atoms with Crippen LogP contribution < -0.4 is 4.74 Å². The van der Waals surface area contributed by atoms with Crippen LogP contribution in [0.1, 0.15) is 50.8 Å². The third-order valence-electron chi connectivity index (χ3n) is 4.49. The third-order valence-corrected chi connectivity index (χ3v) is 6.58. The fraction of sp³-hybridized carbons (Fsp3) is 0.400. The summed E-state index contributed by atoms with van der Waals surface area (Å²) in [6.07, 6.45) is 0.717. The van der Waals surface area contributed by atoms with Crippen molar-refractivity contribution in [3.63, 3.8) is 0 Å². The summed E-state index contributed by atoms with van der Waals surface area (Å²) in [4.78, 5) is 12.2. The quantitative estimate of drug-likeness (QED) is 0.411. The van der Waals surface area contributed by atoms with E-state index in [0.29, 0.717) is 28.4 Å². The Balaban J connectivity index is 2.34. The van der Waals surface area contributed by atoms with E-state index < -0.39 is 21.6 Å². The van der Waals surface area contributed by atoms with Crippen LogP contribution in [0.3, 0.4) is 0 Å². The Morgan fingerprint density at radius 2 is 1.76 bits per heavy atom. The lowest BCUT2D eigenvalue weighted by atomic mass is 10.1. The van der Waals surface area contributed by atoms with Crippen molar-refractivity contribution >= 4 is 27.6 Å². The van der Waals surface area contributed by atoms with E-state index in [-0.39, 0.29) is 11.5 Å². The van der Waals surface area contributed by atoms with Crippen LogP contribution in [0, 0.1) is 18.8 Å². The van der Waals surface area contributed by atoms with E-state index in [1.807, 2.05) is 13.8 Å². The summed E-state index contributed by atoms with van der Waals surface area (Å²) in [5, 5.41) is 0.457. The molecule has 0 radical (unpaired) electrons. The minimum atomic E-state index is -3.60. The number of hydrogen-bond donors (Lipinski definition) is 0. The van der Waals surface area contributed by atoms with Crippen LogP contribution in [0.4, 0.5) is 0 Å². The number of rotatable bonds is 7. The van der Waals surface area contributed by atoms with Crippen LogP contribution in [0.2, 0.25) is 5.02 Å². The number of halogens is 1. The molecule has 0 heterocycles. The second kappa shape index (κ2) is 11.1. The molecular formula is C25H30ClNO5S. The van der Waals surface area contributed by atoms with Crippen LogP contribution in [0.5, 0.6) is 5.75 Å². The largest absolute Gasteiger partial charge is 0.481 e. The Kier molecular flexibility index (Phi) is 8.96. The first-order valence-corrected chi connectivity index (χ1v) is 12.4. The van der Waals surface area contributed by atoms with Crippen molar-refractivity contribution in [2.45, 2.75) is 51.5 Å². The van der Waals surface area contributed by atoms with Gasteiger partial charge in [0.1, 0.15) is 11.4 Å². The van der Waals surface area contributed by atoms with Gasteiger partial charge in [0.05, 0.1) is 10.5 Å². The second-order valence-electron chi connectivity index (χ2n) is 8.57. The van der Waals surface area contributed by atoms with E-state index in [9.17, 15) is 13.2 Å². The summed E-state index contributed by atoms with van der Waals surface area (Å²) >= 11 is 6.13. The number of ether oxygens (including phenoxy) is 2. The summed E-state index contributed by atoms with van der Waals surface area (Å²) in [5.41, 5.74) is 1.26. The predicted molar refractivity (Wildman–Crippen MR) is 130 cm³/mol. The average molecular weight is 492 g/mol. The van der Waals surface area contributed by atoms with Crippen molar-refractivity contribution in [3.05, 3.63) is 58.1 Å². The Hall–Kier alpha value is -2.53. The standard InChI is InChI=1S/C25H30ClNO5S/c1-7-14-27(6)33(29,30)22-12-8-18(2)19(16-22)9-10-20-15-21(26)11-13-23(20)31-17-24(28)32-25(3,4)5/h8,11-13,15-16H,7,14,17H2,1-6H3. The van der Waals surface area contributed by atoms with Gasteiger partial charge < -0.3 is 9.47 Å². The molecule has 0 aliphatic heterocycles. The van der Waals surface area contributed by atoms with Crippen LogP contribution in [-0.2, 0) is 19.6 Å². The van der Waals surface area contributed by atoms with Crippen molar-refractivity contribution in [2.75, 3.05) is 20.2 Å². The number of carbonyl (C=O) groups is 1. The van der Waals surface area contributed by atoms with Crippen LogP contribution in [0.15, 0.2) is 41.3 Å². The molecule has 0 saturated heterocycles. The maximum Gasteiger partial charge on any atom is 0.344 e. The zero-order chi connectivity index (χ0) is 24.8. The first-order valence-electron chi connectivity index (χ1n) is 10.6. The van der Waals surface area contributed by atoms with E-state index in [1.54, 1.807) is 64.2 Å². The molecule has 0 atom stereocenters. The third kappa shape index (κ3) is 7.78. The second-order valence-corrected chi connectivity index (χ2v) is 11.1. The molecule has 0 aromatic heterocycles. The van der Waals surface area contributed by atoms with E-state index >= 15 is 0 Å². The number of aryl methyl sites for hydroxylation is 1. The Labute approximate surface area is 201 Å². The van der Waals surface area contributed by atoms with Gasteiger partial charge in [-0.2, -0.15) is 0 Å². The van der Waals surface area contributed by atoms with E-state index in [4.69, 9.17) is 21.1 Å². The van der Waals surface area contributed by atoms with Crippen LogP contribution >= 0.6 is 11.6 Å². The zero-order valence-corrected chi connectivity index (χ0v) is 21.4. The van der Waals surface area contributed by atoms with E-state index in [0.717, 1.165) is 12.0 Å². The number of nitrogens with zero attached hydrogens (tertiary/aromatic N) is 1. The first kappa shape index (κ1) is 26.7. The number of esters is 1. The van der Waals surface area contributed by atoms with E-state index in [2.05, 4.69) is 11.8 Å². The molecule has 0 spiro atoms. The van der Waals surface area contributed by atoms with Crippen LogP contribution in [0.25, 0.3) is 0 Å². The number of benzene rings is 2. The molecule has 178 valence electrons. The van der Waals surface area contributed by atoms with Gasteiger partial charge in [-0.1, -0.05) is 36.4 Å². The van der Waals surface area contributed by atoms with Gasteiger partial charge in [-0.15, -0.1) is 0 Å². The van der Waals surface area contributed by atoms with Gasteiger partial charge in [-0.25, -0.2) is 17.5 Å². The van der Waals surface area contributed by atoms with Crippen molar-refractivity contribution in [3.8, 4) is 17.6 Å². The number of hydrogen-bond acceptors (Lipinski definition) is 5. The summed E-state index contributed by atoms with van der Waals surface area (Å²) in [5.74, 6) is 5.89. The van der Waals surface area contributed by atoms with Crippen molar-refractivity contribution in [1.29, 1.82) is 0 Å². The fourth-order valence-electron chi connectivity index (χ4n) is 2.88. The molecule has 33 heavy (non-hydrogen) atoms. The van der Waals surface area contributed by atoms with Gasteiger partial charge in [-0.3, -0.25) is 0 Å². The first-order chi connectivity index (χ1) is 15.3. The molecule has 0 aliphatic carbocycles. The van der Waals surface area contributed by atoms with Crippen molar-refractivity contribution in [1.82, 2.24) is 4.31 Å². The van der Waals surface area contributed by atoms with Crippen molar-refractivity contribution in [2.24, 2.45) is 0 Å². The van der Waals surface area contributed by atoms with Gasteiger partial charge in [0.2, 0.25) is 10.0 Å². The average Bonchev–Trinajstić information content (AvgIpc) is 2.71. The van der Waals surface area contributed by atoms with Gasteiger partial charge >= 0.3 is 5.97 Å². The molecule has 6 nitrogen and oxygen atoms in total. The maximum atomic E-state index is 12.8. The summed E-state index contributed by atoms with van der Waals surface area (Å²) in [6.45, 7) is 9.27. The number of sulfonamides is 1. The lowest BCUT2D eigenvalue weighted by Crippen LogP contribution is -2.27. The molecule has 0 N–H and O–H groups in total. The topological polar surface area (TPSA) is 72.9 Å². The lowest BCUT2D eigenvalue weighted by Gasteiger charge is -2.19. The van der Waals surface area contributed by atoms with E-state index in [1.165, 1.54) is 4.31 Å². The van der Waals surface area contributed by atoms with Gasteiger partial charge in [0, 0.05) is 24.2 Å². The highest BCUT2D eigenvalue weighted by atomic mass is 35.5. The highest BCUT2D eigenvalue weighted by Crippen LogP contribution is 2.23. The maximum absolute atomic E-state index is 12.8. The molecule has 2 aromatic rings. The summed E-state index contributed by atoms with van der Waals surface area (Å²) in [6, 6.07) is 9.77. The normalized spacial score (nSPS) is 11.6. The van der Waals surface area contributed by atoms with Gasteiger partial charge in [0.25, 0.3) is 0 Å². The molecule has 0 fully saturated rings. The zero-order valence-electron chi connectivity index (χ0n) is 19.9. The highest BCUT2D eigenvalue weighted by molar-refractivity contribution is 7.89. The highest BCUT2D eigenvalue weighted by Gasteiger charge is 2.20. The van der Waals surface area contributed by atoms with Gasteiger partial charge in [-0.05, 0) is 70.0 Å². The van der Waals surface area contributed by atoms with Gasteiger partial charge in [0.15, 0.2) is 6.61 Å². The fourth-order valence-corrected chi connectivity index (χ4v) is 4.34. The molecule has 2 rings (SSSR count). The molecule has 0 saturated carbocycles. The minimum absolute atomic E-state index is 0.181. The molecule has 0 unspecified atom stereocenters. The SMILES string of the molecule is CCCN(C)S(=O)(=O)c1ccc(C)c(C#Cc2cc(Cl)ccc2OCC(=O)OC(C)(C)C)c1. The molecule has 2 aromatic carbocycles. The van der Waals surface area contributed by atoms with Crippen LogP contribution in [-0.4, -0.2) is 44.5 Å². The molecular weight excluding hydrogens is 462 g/mol. The summed E-state index contributed by atoms with van der Waals surface area (Å²) in [7, 11) is -2.04. The summed E-state index contributed by atoms with van der Waals surface area (Å²) < 4.78 is 37.8. The molecule has 8 heteroatoms. The Bertz CT molecular complexity index is 1170. The molecule has 0 bridgehead atoms. The Morgan fingerprint density at radius 3 is 2.39 bits per heavy atom. The smallest absolute Gasteiger partial charge is 0.344 e. The molecule has 0 amide bonds. The monoisotopic (exact) mass is 491 g/mol. The predicted octanol–water partition coefficient (Wildman–Crippen LogP) is 4.80. The molecule has 0 aliphatic rings. The minimum Gasteiger partial charge on any atom is -0.481 e. The Morgan fingerprint density at radius 1 is 1.09 bits per heavy atom. The lowest BCUT2D eigenvalue weighted by molar-refractivity contribution is -0.157. The number of carbonyl (C=O) groups excluding carboxylic acids is 1. The van der Waals surface area contributed by atoms with Crippen molar-refractivity contribution < 1.29 is 22.7 Å².